The Hall–Kier alpha value is -2.77. The first-order valence-corrected chi connectivity index (χ1v) is 6.89. The molecule has 0 saturated heterocycles. The Morgan fingerprint density at radius 3 is 2.57 bits per heavy atom. The van der Waals surface area contributed by atoms with Gasteiger partial charge in [-0.3, -0.25) is 9.59 Å². The highest BCUT2D eigenvalue weighted by atomic mass is 19.3. The van der Waals surface area contributed by atoms with Crippen molar-refractivity contribution in [1.29, 1.82) is 0 Å². The molecule has 2 aromatic rings. The Kier molecular flexibility index (Phi) is 5.40. The molecule has 6 nitrogen and oxygen atoms in total. The fourth-order valence-corrected chi connectivity index (χ4v) is 1.91. The molecule has 23 heavy (non-hydrogen) atoms. The number of amides is 1. The number of carbonyl (C=O) groups is 1. The van der Waals surface area contributed by atoms with Gasteiger partial charge in [0.05, 0.1) is 5.69 Å². The van der Waals surface area contributed by atoms with Crippen molar-refractivity contribution in [2.45, 2.75) is 20.1 Å². The summed E-state index contributed by atoms with van der Waals surface area (Å²) in [4.78, 5) is 23.3. The molecule has 0 unspecified atom stereocenters. The van der Waals surface area contributed by atoms with Crippen LogP contribution in [0, 0.1) is 0 Å². The Balaban J connectivity index is 2.23. The fraction of sp³-hybridized carbons (Fsp3) is 0.267. The monoisotopic (exact) mass is 323 g/mol. The van der Waals surface area contributed by atoms with Crippen LogP contribution in [0.5, 0.6) is 5.75 Å². The van der Waals surface area contributed by atoms with Crippen molar-refractivity contribution >= 4 is 5.91 Å². The van der Waals surface area contributed by atoms with E-state index in [-0.39, 0.29) is 18.2 Å². The summed E-state index contributed by atoms with van der Waals surface area (Å²) in [5.41, 5.74) is 0.645. The van der Waals surface area contributed by atoms with Crippen LogP contribution >= 0.6 is 0 Å². The van der Waals surface area contributed by atoms with E-state index in [1.165, 1.54) is 24.3 Å². The molecule has 0 aliphatic carbocycles. The average Bonchev–Trinajstić information content (AvgIpc) is 2.50. The number of ether oxygens (including phenoxy) is 1. The van der Waals surface area contributed by atoms with Gasteiger partial charge in [-0.1, -0.05) is 0 Å². The molecule has 0 spiro atoms. The molecule has 0 fully saturated rings. The molecule has 0 bridgehead atoms. The average molecular weight is 323 g/mol. The number of nitrogens with zero attached hydrogens (tertiary/aromatic N) is 2. The molecule has 1 amide bonds. The van der Waals surface area contributed by atoms with Crippen LogP contribution in [-0.4, -0.2) is 28.8 Å². The van der Waals surface area contributed by atoms with E-state index in [1.807, 2.05) is 0 Å². The van der Waals surface area contributed by atoms with E-state index in [4.69, 9.17) is 0 Å². The normalized spacial score (nSPS) is 10.6. The number of alkyl halides is 2. The number of hydrogen-bond donors (Lipinski definition) is 1. The summed E-state index contributed by atoms with van der Waals surface area (Å²) in [5, 5.41) is 6.69. The Morgan fingerprint density at radius 1 is 1.26 bits per heavy atom. The van der Waals surface area contributed by atoms with Gasteiger partial charge in [-0.2, -0.15) is 13.9 Å². The predicted octanol–water partition coefficient (Wildman–Crippen LogP) is 1.65. The van der Waals surface area contributed by atoms with Crippen molar-refractivity contribution in [2.75, 3.05) is 6.54 Å². The summed E-state index contributed by atoms with van der Waals surface area (Å²) in [6, 6.07) is 8.64. The van der Waals surface area contributed by atoms with Gasteiger partial charge < -0.3 is 10.1 Å². The summed E-state index contributed by atoms with van der Waals surface area (Å²) in [6.07, 6.45) is 0. The van der Waals surface area contributed by atoms with E-state index in [2.05, 4.69) is 15.2 Å². The number of hydrogen-bond acceptors (Lipinski definition) is 4. The SMILES string of the molecule is CCNC(=O)Cn1nc(-c2ccc(OC(F)F)cc2)ccc1=O. The molecule has 122 valence electrons. The van der Waals surface area contributed by atoms with Crippen LogP contribution in [0.1, 0.15) is 6.92 Å². The molecule has 2 rings (SSSR count). The third-order valence-electron chi connectivity index (χ3n) is 2.91. The minimum absolute atomic E-state index is 0.0272. The maximum atomic E-state index is 12.1. The van der Waals surface area contributed by atoms with E-state index in [0.717, 1.165) is 4.68 Å². The Labute approximate surface area is 130 Å². The fourth-order valence-electron chi connectivity index (χ4n) is 1.91. The lowest BCUT2D eigenvalue weighted by atomic mass is 10.1. The maximum absolute atomic E-state index is 12.1. The van der Waals surface area contributed by atoms with Crippen LogP contribution < -0.4 is 15.6 Å². The van der Waals surface area contributed by atoms with Gasteiger partial charge in [0.1, 0.15) is 12.3 Å². The molecule has 1 N–H and O–H groups in total. The maximum Gasteiger partial charge on any atom is 0.387 e. The minimum Gasteiger partial charge on any atom is -0.435 e. The highest BCUT2D eigenvalue weighted by molar-refractivity contribution is 5.75. The lowest BCUT2D eigenvalue weighted by molar-refractivity contribution is -0.121. The molecular weight excluding hydrogens is 308 g/mol. The second-order valence-electron chi connectivity index (χ2n) is 4.57. The van der Waals surface area contributed by atoms with Gasteiger partial charge in [-0.15, -0.1) is 0 Å². The Bertz CT molecular complexity index is 729. The standard InChI is InChI=1S/C15H15F2N3O3/c1-2-18-13(21)9-20-14(22)8-7-12(19-20)10-3-5-11(6-4-10)23-15(16)17/h3-8,15H,2,9H2,1H3,(H,18,21). The molecule has 0 atom stereocenters. The first kappa shape index (κ1) is 16.6. The molecule has 0 saturated carbocycles. The lowest BCUT2D eigenvalue weighted by Crippen LogP contribution is -2.33. The zero-order valence-corrected chi connectivity index (χ0v) is 12.3. The molecular formula is C15H15F2N3O3. The third kappa shape index (κ3) is 4.60. The highest BCUT2D eigenvalue weighted by Gasteiger charge is 2.08. The molecule has 8 heteroatoms. The van der Waals surface area contributed by atoms with Crippen molar-refractivity contribution in [2.24, 2.45) is 0 Å². The van der Waals surface area contributed by atoms with E-state index < -0.39 is 12.2 Å². The summed E-state index contributed by atoms with van der Waals surface area (Å²) in [5.74, 6) is -0.292. The van der Waals surface area contributed by atoms with E-state index in [9.17, 15) is 18.4 Å². The number of aromatic nitrogens is 2. The summed E-state index contributed by atoms with van der Waals surface area (Å²) < 4.78 is 29.5. The van der Waals surface area contributed by atoms with Gasteiger partial charge in [0.25, 0.3) is 5.56 Å². The number of likely N-dealkylation sites (N-methyl/N-ethyl adjacent to an activating group) is 1. The zero-order chi connectivity index (χ0) is 16.8. The van der Waals surface area contributed by atoms with E-state index in [0.29, 0.717) is 17.8 Å². The van der Waals surface area contributed by atoms with Crippen molar-refractivity contribution in [3.8, 4) is 17.0 Å². The molecule has 0 radical (unpaired) electrons. The number of carbonyl (C=O) groups excluding carboxylic acids is 1. The molecule has 0 aliphatic heterocycles. The quantitative estimate of drug-likeness (QED) is 0.877. The van der Waals surface area contributed by atoms with Crippen LogP contribution in [0.3, 0.4) is 0 Å². The smallest absolute Gasteiger partial charge is 0.387 e. The lowest BCUT2D eigenvalue weighted by Gasteiger charge is -2.08. The van der Waals surface area contributed by atoms with Crippen molar-refractivity contribution in [1.82, 2.24) is 15.1 Å². The van der Waals surface area contributed by atoms with Gasteiger partial charge in [-0.25, -0.2) is 4.68 Å². The highest BCUT2D eigenvalue weighted by Crippen LogP contribution is 2.21. The summed E-state index contributed by atoms with van der Waals surface area (Å²) >= 11 is 0. The number of benzene rings is 1. The number of halogens is 2. The van der Waals surface area contributed by atoms with Crippen molar-refractivity contribution in [3.63, 3.8) is 0 Å². The van der Waals surface area contributed by atoms with E-state index >= 15 is 0 Å². The first-order chi connectivity index (χ1) is 11.0. The van der Waals surface area contributed by atoms with Gasteiger partial charge >= 0.3 is 6.61 Å². The number of nitrogens with one attached hydrogen (secondary N) is 1. The zero-order valence-electron chi connectivity index (χ0n) is 12.3. The van der Waals surface area contributed by atoms with Crippen LogP contribution in [0.15, 0.2) is 41.2 Å². The van der Waals surface area contributed by atoms with Crippen LogP contribution in [0.4, 0.5) is 8.78 Å². The number of rotatable bonds is 6. The second-order valence-corrected chi connectivity index (χ2v) is 4.57. The van der Waals surface area contributed by atoms with Gasteiger partial charge in [0.2, 0.25) is 5.91 Å². The largest absolute Gasteiger partial charge is 0.435 e. The molecule has 1 heterocycles. The van der Waals surface area contributed by atoms with Gasteiger partial charge in [0.15, 0.2) is 0 Å². The molecule has 1 aromatic heterocycles. The van der Waals surface area contributed by atoms with E-state index in [1.54, 1.807) is 19.1 Å². The molecule has 1 aromatic carbocycles. The van der Waals surface area contributed by atoms with Crippen molar-refractivity contribution < 1.29 is 18.3 Å². The van der Waals surface area contributed by atoms with Crippen molar-refractivity contribution in [3.05, 3.63) is 46.8 Å². The topological polar surface area (TPSA) is 73.2 Å². The Morgan fingerprint density at radius 2 is 1.96 bits per heavy atom. The summed E-state index contributed by atoms with van der Waals surface area (Å²) in [7, 11) is 0. The molecule has 0 aliphatic rings. The van der Waals surface area contributed by atoms with Crippen LogP contribution in [-0.2, 0) is 11.3 Å². The second kappa shape index (κ2) is 7.48. The van der Waals surface area contributed by atoms with Crippen LogP contribution in [0.25, 0.3) is 11.3 Å². The summed E-state index contributed by atoms with van der Waals surface area (Å²) in [6.45, 7) is -0.850. The van der Waals surface area contributed by atoms with Gasteiger partial charge in [0, 0.05) is 18.2 Å². The first-order valence-electron chi connectivity index (χ1n) is 6.89. The minimum atomic E-state index is -2.89. The van der Waals surface area contributed by atoms with Crippen LogP contribution in [0.2, 0.25) is 0 Å². The third-order valence-corrected chi connectivity index (χ3v) is 2.91. The predicted molar refractivity (Wildman–Crippen MR) is 79.2 cm³/mol. The van der Waals surface area contributed by atoms with Gasteiger partial charge in [-0.05, 0) is 37.3 Å².